The Morgan fingerprint density at radius 3 is 2.39 bits per heavy atom. The van der Waals surface area contributed by atoms with Crippen molar-refractivity contribution < 1.29 is 9.22 Å². The zero-order valence-corrected chi connectivity index (χ0v) is 22.7. The highest BCUT2D eigenvalue weighted by atomic mass is 127. The van der Waals surface area contributed by atoms with E-state index in [1.54, 1.807) is 0 Å². The normalized spacial score (nSPS) is 27.8. The number of halogens is 1. The van der Waals surface area contributed by atoms with Crippen LogP contribution in [0, 0.1) is 11.3 Å². The van der Waals surface area contributed by atoms with Gasteiger partial charge in [-0.1, -0.05) is 67.5 Å². The van der Waals surface area contributed by atoms with Crippen LogP contribution in [0.15, 0.2) is 21.3 Å². The number of rotatable bonds is 9. The molecule has 0 aromatic carbocycles. The average Bonchev–Trinajstić information content (AvgIpc) is 2.60. The predicted molar refractivity (Wildman–Crippen MR) is 134 cm³/mol. The topological polar surface area (TPSA) is 26.3 Å². The standard InChI is InChI=1S/C24H43IO2Si/c1-19(10-9-11-20(2)17-25)12-14-24(6)15-13-22(21(16-24)18-26)27-28(7,8)23(3,4)5/h10,17-18,21-22H,9,11-16H2,1-8H3/b19-10+,20-17+/t21-,22-,24+/m1/s1. The van der Waals surface area contributed by atoms with Gasteiger partial charge < -0.3 is 9.22 Å². The highest BCUT2D eigenvalue weighted by molar-refractivity contribution is 14.1. The van der Waals surface area contributed by atoms with E-state index >= 15 is 0 Å². The molecule has 162 valence electrons. The average molecular weight is 519 g/mol. The van der Waals surface area contributed by atoms with Gasteiger partial charge in [-0.3, -0.25) is 0 Å². The van der Waals surface area contributed by atoms with E-state index in [0.29, 0.717) is 0 Å². The summed E-state index contributed by atoms with van der Waals surface area (Å²) < 4.78 is 8.81. The molecule has 1 rings (SSSR count). The third-order valence-electron chi connectivity index (χ3n) is 7.01. The molecule has 28 heavy (non-hydrogen) atoms. The minimum atomic E-state index is -1.83. The van der Waals surface area contributed by atoms with Gasteiger partial charge in [0.25, 0.3) is 0 Å². The lowest BCUT2D eigenvalue weighted by atomic mass is 9.67. The molecule has 0 amide bonds. The maximum Gasteiger partial charge on any atom is 0.192 e. The number of allylic oxidation sites excluding steroid dienone is 3. The van der Waals surface area contributed by atoms with E-state index in [-0.39, 0.29) is 22.5 Å². The summed E-state index contributed by atoms with van der Waals surface area (Å²) in [6.07, 6.45) is 11.5. The molecule has 2 nitrogen and oxygen atoms in total. The summed E-state index contributed by atoms with van der Waals surface area (Å²) in [5.41, 5.74) is 3.20. The van der Waals surface area contributed by atoms with Crippen LogP contribution < -0.4 is 0 Å². The zero-order valence-electron chi connectivity index (χ0n) is 19.5. The molecule has 0 aromatic heterocycles. The van der Waals surface area contributed by atoms with Gasteiger partial charge in [0.1, 0.15) is 6.29 Å². The van der Waals surface area contributed by atoms with Crippen molar-refractivity contribution in [2.75, 3.05) is 0 Å². The van der Waals surface area contributed by atoms with Gasteiger partial charge in [-0.25, -0.2) is 0 Å². The van der Waals surface area contributed by atoms with Gasteiger partial charge in [0.15, 0.2) is 8.32 Å². The molecule has 1 saturated carbocycles. The minimum Gasteiger partial charge on any atom is -0.413 e. The molecule has 0 radical (unpaired) electrons. The second-order valence-corrected chi connectivity index (χ2v) is 16.2. The maximum atomic E-state index is 11.9. The zero-order chi connectivity index (χ0) is 21.6. The molecular formula is C24H43IO2Si. The van der Waals surface area contributed by atoms with Crippen LogP contribution in [-0.4, -0.2) is 20.7 Å². The van der Waals surface area contributed by atoms with Gasteiger partial charge in [-0.2, -0.15) is 0 Å². The summed E-state index contributed by atoms with van der Waals surface area (Å²) in [7, 11) is -1.83. The predicted octanol–water partition coefficient (Wildman–Crippen LogP) is 8.23. The highest BCUT2D eigenvalue weighted by Gasteiger charge is 2.44. The molecule has 0 saturated heterocycles. The second-order valence-electron chi connectivity index (χ2n) is 10.8. The van der Waals surface area contributed by atoms with E-state index in [4.69, 9.17) is 4.43 Å². The second kappa shape index (κ2) is 10.9. The molecule has 3 atom stereocenters. The smallest absolute Gasteiger partial charge is 0.192 e. The van der Waals surface area contributed by atoms with Crippen LogP contribution in [0.5, 0.6) is 0 Å². The lowest BCUT2D eigenvalue weighted by Crippen LogP contribution is -2.48. The Kier molecular flexibility index (Phi) is 10.2. The first-order valence-electron chi connectivity index (χ1n) is 10.9. The quantitative estimate of drug-likeness (QED) is 0.133. The summed E-state index contributed by atoms with van der Waals surface area (Å²) in [5.74, 6) is 0.0496. The Bertz CT molecular complexity index is 574. The van der Waals surface area contributed by atoms with E-state index in [0.717, 1.165) is 32.1 Å². The van der Waals surface area contributed by atoms with Crippen molar-refractivity contribution in [3.05, 3.63) is 21.3 Å². The van der Waals surface area contributed by atoms with Crippen molar-refractivity contribution in [1.29, 1.82) is 0 Å². The van der Waals surface area contributed by atoms with Gasteiger partial charge in [0.2, 0.25) is 0 Å². The molecule has 1 fully saturated rings. The van der Waals surface area contributed by atoms with Crippen molar-refractivity contribution in [1.82, 2.24) is 0 Å². The van der Waals surface area contributed by atoms with Crippen molar-refractivity contribution in [2.45, 2.75) is 111 Å². The van der Waals surface area contributed by atoms with Crippen molar-refractivity contribution >= 4 is 37.2 Å². The summed E-state index contributed by atoms with van der Waals surface area (Å²) in [6.45, 7) is 18.2. The summed E-state index contributed by atoms with van der Waals surface area (Å²) in [5, 5.41) is 0.188. The Labute approximate surface area is 189 Å². The molecule has 1 aliphatic rings. The van der Waals surface area contributed by atoms with Crippen LogP contribution in [0.3, 0.4) is 0 Å². The Morgan fingerprint density at radius 2 is 1.86 bits per heavy atom. The first kappa shape index (κ1) is 26.1. The van der Waals surface area contributed by atoms with Crippen LogP contribution in [0.2, 0.25) is 18.1 Å². The lowest BCUT2D eigenvalue weighted by Gasteiger charge is -2.46. The monoisotopic (exact) mass is 518 g/mol. The van der Waals surface area contributed by atoms with Crippen molar-refractivity contribution in [2.24, 2.45) is 11.3 Å². The van der Waals surface area contributed by atoms with Crippen LogP contribution >= 0.6 is 22.6 Å². The molecule has 0 N–H and O–H groups in total. The van der Waals surface area contributed by atoms with Gasteiger partial charge in [-0.05, 0) is 86.4 Å². The molecule has 0 heterocycles. The fourth-order valence-electron chi connectivity index (χ4n) is 3.77. The maximum absolute atomic E-state index is 11.9. The van der Waals surface area contributed by atoms with Gasteiger partial charge in [-0.15, -0.1) is 0 Å². The molecule has 0 aromatic rings. The van der Waals surface area contributed by atoms with E-state index in [1.165, 1.54) is 30.3 Å². The Morgan fingerprint density at radius 1 is 1.21 bits per heavy atom. The third kappa shape index (κ3) is 8.06. The number of hydrogen-bond acceptors (Lipinski definition) is 2. The molecular weight excluding hydrogens is 475 g/mol. The highest BCUT2D eigenvalue weighted by Crippen LogP contribution is 2.46. The van der Waals surface area contributed by atoms with E-state index in [1.807, 2.05) is 0 Å². The van der Waals surface area contributed by atoms with Gasteiger partial charge in [0.05, 0.1) is 6.10 Å². The molecule has 0 aliphatic heterocycles. The molecule has 0 unspecified atom stereocenters. The minimum absolute atomic E-state index is 0.0496. The van der Waals surface area contributed by atoms with Crippen LogP contribution in [0.25, 0.3) is 0 Å². The van der Waals surface area contributed by atoms with E-state index in [2.05, 4.69) is 87.4 Å². The number of carbonyl (C=O) groups is 1. The summed E-state index contributed by atoms with van der Waals surface area (Å²) in [4.78, 5) is 11.9. The molecule has 1 aliphatic carbocycles. The summed E-state index contributed by atoms with van der Waals surface area (Å²) >= 11 is 2.32. The van der Waals surface area contributed by atoms with Crippen LogP contribution in [0.1, 0.15) is 86.5 Å². The number of carbonyl (C=O) groups excluding carboxylic acids is 1. The molecule has 0 spiro atoms. The van der Waals surface area contributed by atoms with Crippen molar-refractivity contribution in [3.63, 3.8) is 0 Å². The van der Waals surface area contributed by atoms with Crippen molar-refractivity contribution in [3.8, 4) is 0 Å². The largest absolute Gasteiger partial charge is 0.413 e. The first-order valence-corrected chi connectivity index (χ1v) is 15.0. The van der Waals surface area contributed by atoms with E-state index in [9.17, 15) is 4.79 Å². The summed E-state index contributed by atoms with van der Waals surface area (Å²) in [6, 6.07) is 0. The van der Waals surface area contributed by atoms with Gasteiger partial charge >= 0.3 is 0 Å². The van der Waals surface area contributed by atoms with Crippen LogP contribution in [-0.2, 0) is 9.22 Å². The first-order chi connectivity index (χ1) is 12.8. The molecule has 4 heteroatoms. The fraction of sp³-hybridized carbons (Fsp3) is 0.792. The SMILES string of the molecule is C/C(=C\I)CC/C=C(\C)CC[C@@]1(C)CC[C@@H](O[Si](C)(C)C(C)(C)C)[C@@H](C=O)C1. The number of hydrogen-bond donors (Lipinski definition) is 0. The van der Waals surface area contributed by atoms with E-state index < -0.39 is 8.32 Å². The number of aldehydes is 1. The van der Waals surface area contributed by atoms with Gasteiger partial charge in [0, 0.05) is 5.92 Å². The third-order valence-corrected chi connectivity index (χ3v) is 12.6. The Balaban J connectivity index is 2.63. The van der Waals surface area contributed by atoms with Crippen LogP contribution in [0.4, 0.5) is 0 Å². The molecule has 0 bridgehead atoms. The fourth-order valence-corrected chi connectivity index (χ4v) is 5.49. The Hall–Kier alpha value is 0.0569. The lowest BCUT2D eigenvalue weighted by molar-refractivity contribution is -0.117.